The number of carbonyl (C=O) groups excluding carboxylic acids is 4. The minimum absolute atomic E-state index is 0.0959. The highest BCUT2D eigenvalue weighted by Crippen LogP contribution is 2.27. The minimum atomic E-state index is -1.03. The molecule has 0 spiro atoms. The van der Waals surface area contributed by atoms with Gasteiger partial charge in [-0.2, -0.15) is 5.10 Å². The lowest BCUT2D eigenvalue weighted by molar-refractivity contribution is -0.136. The summed E-state index contributed by atoms with van der Waals surface area (Å²) in [5.41, 5.74) is 3.54. The molecule has 1 fully saturated rings. The highest BCUT2D eigenvalue weighted by Gasteiger charge is 2.21. The number of fused-ring (bicyclic) bond motifs is 1. The Morgan fingerprint density at radius 1 is 0.762 bits per heavy atom. The standard InChI is InChI=1S/C33H30N4O5/c38-30(35-24-14-5-2-6-15-24)26-17-9-10-18-28(26)36-31(39)32(40)37-34-21-27-25-16-8-7-11-22(25)19-20-29(27)42-33(41)23-12-3-1-4-13-23/h1,3-4,7-13,16-21,24H,2,5-6,14-15H2,(H,35,38)(H,36,39)(H,37,40)/b34-21-. The predicted octanol–water partition coefficient (Wildman–Crippen LogP) is 5.21. The number of hydrogen-bond acceptors (Lipinski definition) is 6. The van der Waals surface area contributed by atoms with Crippen LogP contribution >= 0.6 is 0 Å². The molecule has 0 aromatic heterocycles. The third-order valence-electron chi connectivity index (χ3n) is 7.07. The Morgan fingerprint density at radius 2 is 1.48 bits per heavy atom. The lowest BCUT2D eigenvalue weighted by Crippen LogP contribution is -2.37. The predicted molar refractivity (Wildman–Crippen MR) is 160 cm³/mol. The average Bonchev–Trinajstić information content (AvgIpc) is 3.03. The number of esters is 1. The molecule has 0 saturated heterocycles. The summed E-state index contributed by atoms with van der Waals surface area (Å²) in [6.45, 7) is 0. The Kier molecular flexibility index (Phi) is 8.98. The second-order valence-corrected chi connectivity index (χ2v) is 9.96. The quantitative estimate of drug-likeness (QED) is 0.0937. The van der Waals surface area contributed by atoms with Crippen LogP contribution < -0.4 is 20.8 Å². The van der Waals surface area contributed by atoms with Crippen molar-refractivity contribution in [1.82, 2.24) is 10.7 Å². The maximum atomic E-state index is 12.9. The summed E-state index contributed by atoms with van der Waals surface area (Å²) in [6.07, 6.45) is 6.47. The van der Waals surface area contributed by atoms with Crippen LogP contribution in [0.2, 0.25) is 0 Å². The van der Waals surface area contributed by atoms with E-state index < -0.39 is 17.8 Å². The van der Waals surface area contributed by atoms with Crippen LogP contribution in [0.5, 0.6) is 5.75 Å². The van der Waals surface area contributed by atoms with Crippen molar-refractivity contribution >= 4 is 46.4 Å². The lowest BCUT2D eigenvalue weighted by atomic mass is 9.95. The first-order valence-corrected chi connectivity index (χ1v) is 13.8. The molecule has 42 heavy (non-hydrogen) atoms. The molecule has 0 aliphatic heterocycles. The fraction of sp³-hybridized carbons (Fsp3) is 0.182. The number of ether oxygens (including phenoxy) is 1. The first-order valence-electron chi connectivity index (χ1n) is 13.8. The van der Waals surface area contributed by atoms with Crippen molar-refractivity contribution in [2.24, 2.45) is 5.10 Å². The zero-order valence-corrected chi connectivity index (χ0v) is 22.8. The van der Waals surface area contributed by atoms with Gasteiger partial charge in [-0.3, -0.25) is 14.4 Å². The molecule has 5 rings (SSSR count). The number of carbonyl (C=O) groups is 4. The monoisotopic (exact) mass is 562 g/mol. The van der Waals surface area contributed by atoms with Gasteiger partial charge in [0.2, 0.25) is 0 Å². The molecule has 0 heterocycles. The molecule has 1 saturated carbocycles. The summed E-state index contributed by atoms with van der Waals surface area (Å²) in [7, 11) is 0. The fourth-order valence-corrected chi connectivity index (χ4v) is 4.92. The Labute approximate surface area is 243 Å². The van der Waals surface area contributed by atoms with Crippen molar-refractivity contribution in [2.45, 2.75) is 38.1 Å². The summed E-state index contributed by atoms with van der Waals surface area (Å²) in [5.74, 6) is -2.63. The van der Waals surface area contributed by atoms with Crippen LogP contribution in [0, 0.1) is 0 Å². The summed E-state index contributed by atoms with van der Waals surface area (Å²) >= 11 is 0. The van der Waals surface area contributed by atoms with Gasteiger partial charge >= 0.3 is 17.8 Å². The minimum Gasteiger partial charge on any atom is -0.422 e. The van der Waals surface area contributed by atoms with Crippen LogP contribution in [0.1, 0.15) is 58.4 Å². The third kappa shape index (κ3) is 6.87. The number of anilines is 1. The average molecular weight is 563 g/mol. The van der Waals surface area contributed by atoms with E-state index in [4.69, 9.17) is 4.74 Å². The summed E-state index contributed by atoms with van der Waals surface area (Å²) in [4.78, 5) is 50.9. The van der Waals surface area contributed by atoms with Gasteiger partial charge < -0.3 is 15.4 Å². The molecule has 1 aliphatic rings. The summed E-state index contributed by atoms with van der Waals surface area (Å²) in [6, 6.07) is 26.1. The van der Waals surface area contributed by atoms with Gasteiger partial charge in [0.25, 0.3) is 5.91 Å². The van der Waals surface area contributed by atoms with E-state index in [0.717, 1.165) is 42.9 Å². The van der Waals surface area contributed by atoms with E-state index in [0.29, 0.717) is 11.1 Å². The van der Waals surface area contributed by atoms with Crippen molar-refractivity contribution in [1.29, 1.82) is 0 Å². The molecular weight excluding hydrogens is 532 g/mol. The van der Waals surface area contributed by atoms with E-state index >= 15 is 0 Å². The van der Waals surface area contributed by atoms with Crippen LogP contribution in [-0.4, -0.2) is 35.9 Å². The largest absolute Gasteiger partial charge is 0.422 e. The molecule has 1 aliphatic carbocycles. The number of benzene rings is 4. The molecular formula is C33H30N4O5. The van der Waals surface area contributed by atoms with Gasteiger partial charge in [-0.25, -0.2) is 10.2 Å². The van der Waals surface area contributed by atoms with Crippen molar-refractivity contribution in [2.75, 3.05) is 5.32 Å². The third-order valence-corrected chi connectivity index (χ3v) is 7.07. The lowest BCUT2D eigenvalue weighted by Gasteiger charge is -2.23. The van der Waals surface area contributed by atoms with Crippen LogP contribution in [0.15, 0.2) is 96.1 Å². The van der Waals surface area contributed by atoms with Gasteiger partial charge in [0.1, 0.15) is 5.75 Å². The summed E-state index contributed by atoms with van der Waals surface area (Å²) in [5, 5.41) is 11.1. The number of hydrogen-bond donors (Lipinski definition) is 3. The highest BCUT2D eigenvalue weighted by molar-refractivity contribution is 6.40. The SMILES string of the molecule is O=C(N/N=C\c1c(OC(=O)c2ccccc2)ccc2ccccc12)C(=O)Nc1ccccc1C(=O)NC1CCCCC1. The Morgan fingerprint density at radius 3 is 2.29 bits per heavy atom. The van der Waals surface area contributed by atoms with Crippen LogP contribution in [0.4, 0.5) is 5.69 Å². The molecule has 9 heteroatoms. The van der Waals surface area contributed by atoms with E-state index in [1.54, 1.807) is 60.7 Å². The van der Waals surface area contributed by atoms with Gasteiger partial charge in [0.05, 0.1) is 23.0 Å². The fourth-order valence-electron chi connectivity index (χ4n) is 4.92. The van der Waals surface area contributed by atoms with E-state index in [2.05, 4.69) is 21.2 Å². The molecule has 3 amide bonds. The number of para-hydroxylation sites is 1. The molecule has 0 atom stereocenters. The number of rotatable bonds is 7. The second-order valence-electron chi connectivity index (χ2n) is 9.96. The van der Waals surface area contributed by atoms with Crippen molar-refractivity contribution in [3.05, 3.63) is 108 Å². The molecule has 3 N–H and O–H groups in total. The van der Waals surface area contributed by atoms with Gasteiger partial charge in [-0.05, 0) is 53.9 Å². The van der Waals surface area contributed by atoms with E-state index in [9.17, 15) is 19.2 Å². The first-order chi connectivity index (χ1) is 20.5. The zero-order valence-electron chi connectivity index (χ0n) is 22.8. The molecule has 0 bridgehead atoms. The van der Waals surface area contributed by atoms with Crippen LogP contribution in [0.25, 0.3) is 10.8 Å². The van der Waals surface area contributed by atoms with Crippen molar-refractivity contribution in [3.63, 3.8) is 0 Å². The number of nitrogens with one attached hydrogen (secondary N) is 3. The first kappa shape index (κ1) is 28.2. The topological polar surface area (TPSA) is 126 Å². The van der Waals surface area contributed by atoms with Gasteiger partial charge in [-0.15, -0.1) is 0 Å². The Balaban J connectivity index is 1.28. The van der Waals surface area contributed by atoms with Gasteiger partial charge in [0.15, 0.2) is 0 Å². The maximum Gasteiger partial charge on any atom is 0.343 e. The smallest absolute Gasteiger partial charge is 0.343 e. The van der Waals surface area contributed by atoms with E-state index in [1.165, 1.54) is 6.21 Å². The molecule has 4 aromatic carbocycles. The normalized spacial score (nSPS) is 13.4. The number of hydrazone groups is 1. The molecule has 212 valence electrons. The molecule has 0 unspecified atom stereocenters. The van der Waals surface area contributed by atoms with Crippen molar-refractivity contribution < 1.29 is 23.9 Å². The second kappa shape index (κ2) is 13.4. The van der Waals surface area contributed by atoms with Gasteiger partial charge in [0, 0.05) is 11.6 Å². The van der Waals surface area contributed by atoms with Crippen LogP contribution in [0.3, 0.4) is 0 Å². The number of amides is 3. The maximum absolute atomic E-state index is 12.9. The zero-order chi connectivity index (χ0) is 29.3. The van der Waals surface area contributed by atoms with Gasteiger partial charge in [-0.1, -0.05) is 79.9 Å². The van der Waals surface area contributed by atoms with E-state index in [-0.39, 0.29) is 28.9 Å². The highest BCUT2D eigenvalue weighted by atomic mass is 16.5. The summed E-state index contributed by atoms with van der Waals surface area (Å²) < 4.78 is 5.65. The molecule has 4 aromatic rings. The van der Waals surface area contributed by atoms with Crippen molar-refractivity contribution in [3.8, 4) is 5.75 Å². The molecule has 0 radical (unpaired) electrons. The van der Waals surface area contributed by atoms with E-state index in [1.807, 2.05) is 30.3 Å². The van der Waals surface area contributed by atoms with Crippen LogP contribution in [-0.2, 0) is 9.59 Å². The Hall–Kier alpha value is -5.31. The number of nitrogens with zero attached hydrogens (tertiary/aromatic N) is 1. The Bertz CT molecular complexity index is 1650. The molecule has 9 nitrogen and oxygen atoms in total.